The van der Waals surface area contributed by atoms with Crippen molar-refractivity contribution in [1.29, 1.82) is 0 Å². The van der Waals surface area contributed by atoms with Crippen LogP contribution < -0.4 is 10.5 Å². The number of hydrogen-bond acceptors (Lipinski definition) is 5. The maximum absolute atomic E-state index is 5.97. The van der Waals surface area contributed by atoms with Crippen LogP contribution in [0.2, 0.25) is 0 Å². The number of aromatic nitrogens is 4. The number of benzene rings is 1. The van der Waals surface area contributed by atoms with E-state index in [2.05, 4.69) is 14.5 Å². The van der Waals surface area contributed by atoms with Gasteiger partial charge in [-0.05, 0) is 25.0 Å². The van der Waals surface area contributed by atoms with E-state index in [0.29, 0.717) is 17.6 Å². The van der Waals surface area contributed by atoms with E-state index in [4.69, 9.17) is 15.5 Å². The molecule has 0 radical (unpaired) electrons. The quantitative estimate of drug-likeness (QED) is 0.797. The van der Waals surface area contributed by atoms with Crippen molar-refractivity contribution < 1.29 is 4.74 Å². The van der Waals surface area contributed by atoms with Crippen LogP contribution in [0.1, 0.15) is 18.9 Å². The van der Waals surface area contributed by atoms with Crippen molar-refractivity contribution in [2.45, 2.75) is 18.9 Å². The second kappa shape index (κ2) is 4.44. The van der Waals surface area contributed by atoms with Gasteiger partial charge in [-0.1, -0.05) is 0 Å². The first-order valence-corrected chi connectivity index (χ1v) is 6.91. The molecule has 21 heavy (non-hydrogen) atoms. The number of methoxy groups -OCH3 is 1. The van der Waals surface area contributed by atoms with E-state index in [-0.39, 0.29) is 0 Å². The molecule has 0 spiro atoms. The third kappa shape index (κ3) is 1.91. The number of fused-ring (bicyclic) bond motifs is 1. The third-order valence-corrected chi connectivity index (χ3v) is 3.75. The summed E-state index contributed by atoms with van der Waals surface area (Å²) < 4.78 is 7.49. The number of hydrogen-bond donors (Lipinski definition) is 1. The van der Waals surface area contributed by atoms with Crippen molar-refractivity contribution in [3.8, 4) is 17.3 Å². The van der Waals surface area contributed by atoms with Gasteiger partial charge in [0.05, 0.1) is 18.1 Å². The molecule has 2 N–H and O–H groups in total. The van der Waals surface area contributed by atoms with Gasteiger partial charge >= 0.3 is 0 Å². The molecule has 106 valence electrons. The van der Waals surface area contributed by atoms with Crippen molar-refractivity contribution in [2.75, 3.05) is 12.8 Å². The Hall–Kier alpha value is -2.63. The first-order chi connectivity index (χ1) is 10.3. The van der Waals surface area contributed by atoms with E-state index >= 15 is 0 Å². The Morgan fingerprint density at radius 3 is 2.76 bits per heavy atom. The van der Waals surface area contributed by atoms with Crippen molar-refractivity contribution in [3.05, 3.63) is 30.6 Å². The Morgan fingerprint density at radius 2 is 2.05 bits per heavy atom. The molecule has 2 heterocycles. The Balaban J connectivity index is 1.99. The first-order valence-electron chi connectivity index (χ1n) is 6.91. The maximum atomic E-state index is 5.97. The number of rotatable bonds is 3. The van der Waals surface area contributed by atoms with Crippen molar-refractivity contribution >= 4 is 16.9 Å². The van der Waals surface area contributed by atoms with E-state index in [1.54, 1.807) is 19.5 Å². The highest BCUT2D eigenvalue weighted by molar-refractivity contribution is 5.83. The molecule has 1 saturated carbocycles. The second-order valence-corrected chi connectivity index (χ2v) is 5.18. The fourth-order valence-corrected chi connectivity index (χ4v) is 2.60. The summed E-state index contributed by atoms with van der Waals surface area (Å²) >= 11 is 0. The molecule has 1 aromatic carbocycles. The van der Waals surface area contributed by atoms with Crippen molar-refractivity contribution in [2.24, 2.45) is 0 Å². The molecule has 0 bridgehead atoms. The first kappa shape index (κ1) is 12.1. The lowest BCUT2D eigenvalue weighted by atomic mass is 10.3. The summed E-state index contributed by atoms with van der Waals surface area (Å²) in [6.45, 7) is 0. The van der Waals surface area contributed by atoms with Crippen LogP contribution in [-0.4, -0.2) is 26.6 Å². The zero-order valence-corrected chi connectivity index (χ0v) is 11.7. The van der Waals surface area contributed by atoms with Crippen LogP contribution in [0.4, 0.5) is 5.82 Å². The molecule has 4 rings (SSSR count). The van der Waals surface area contributed by atoms with E-state index < -0.39 is 0 Å². The van der Waals surface area contributed by atoms with Crippen molar-refractivity contribution in [1.82, 2.24) is 19.5 Å². The van der Waals surface area contributed by atoms with Crippen LogP contribution in [0, 0.1) is 0 Å². The number of imidazole rings is 1. The summed E-state index contributed by atoms with van der Waals surface area (Å²) in [7, 11) is 1.65. The predicted octanol–water partition coefficient (Wildman–Crippen LogP) is 2.42. The molecule has 0 atom stereocenters. The summed E-state index contributed by atoms with van der Waals surface area (Å²) in [6.07, 6.45) is 5.55. The molecule has 6 heteroatoms. The Morgan fingerprint density at radius 1 is 1.24 bits per heavy atom. The van der Waals surface area contributed by atoms with Gasteiger partial charge in [-0.15, -0.1) is 0 Å². The molecular weight excluding hydrogens is 266 g/mol. The highest BCUT2D eigenvalue weighted by Crippen LogP contribution is 2.41. The third-order valence-electron chi connectivity index (χ3n) is 3.75. The average molecular weight is 281 g/mol. The molecule has 2 aromatic heterocycles. The lowest BCUT2D eigenvalue weighted by molar-refractivity contribution is 0.415. The Labute approximate surface area is 121 Å². The normalized spacial score (nSPS) is 14.5. The summed E-state index contributed by atoms with van der Waals surface area (Å²) in [5.41, 5.74) is 8.58. The fraction of sp³-hybridized carbons (Fsp3) is 0.267. The van der Waals surface area contributed by atoms with E-state index in [0.717, 1.165) is 35.4 Å². The fourth-order valence-electron chi connectivity index (χ4n) is 2.60. The zero-order valence-electron chi connectivity index (χ0n) is 11.7. The van der Waals surface area contributed by atoms with Crippen LogP contribution in [0.5, 0.6) is 5.75 Å². The van der Waals surface area contributed by atoms with Gasteiger partial charge in [-0.25, -0.2) is 15.0 Å². The molecule has 3 aromatic rings. The number of anilines is 1. The molecule has 0 amide bonds. The predicted molar refractivity (Wildman–Crippen MR) is 80.0 cm³/mol. The van der Waals surface area contributed by atoms with Gasteiger partial charge in [0, 0.05) is 24.5 Å². The summed E-state index contributed by atoms with van der Waals surface area (Å²) in [4.78, 5) is 13.2. The number of nitrogens with two attached hydrogens (primary N) is 1. The summed E-state index contributed by atoms with van der Waals surface area (Å²) in [5.74, 6) is 1.98. The van der Waals surface area contributed by atoms with Crippen LogP contribution in [0.3, 0.4) is 0 Å². The number of ether oxygens (including phenoxy) is 1. The van der Waals surface area contributed by atoms with Gasteiger partial charge in [0.15, 0.2) is 11.6 Å². The second-order valence-electron chi connectivity index (χ2n) is 5.18. The lowest BCUT2D eigenvalue weighted by Gasteiger charge is -2.08. The molecule has 0 aliphatic heterocycles. The maximum Gasteiger partial charge on any atom is 0.163 e. The Kier molecular flexibility index (Phi) is 2.57. The minimum Gasteiger partial charge on any atom is -0.497 e. The van der Waals surface area contributed by atoms with Gasteiger partial charge < -0.3 is 15.0 Å². The number of nitrogen functional groups attached to an aromatic ring is 1. The lowest BCUT2D eigenvalue weighted by Crippen LogP contribution is -2.03. The monoisotopic (exact) mass is 281 g/mol. The van der Waals surface area contributed by atoms with Crippen LogP contribution in [-0.2, 0) is 0 Å². The van der Waals surface area contributed by atoms with E-state index in [1.165, 1.54) is 0 Å². The molecule has 1 fully saturated rings. The van der Waals surface area contributed by atoms with Gasteiger partial charge in [0.25, 0.3) is 0 Å². The molecule has 0 saturated heterocycles. The smallest absolute Gasteiger partial charge is 0.163 e. The van der Waals surface area contributed by atoms with Crippen LogP contribution >= 0.6 is 0 Å². The summed E-state index contributed by atoms with van der Waals surface area (Å²) in [5, 5.41) is 0. The van der Waals surface area contributed by atoms with Gasteiger partial charge in [0.1, 0.15) is 11.4 Å². The summed E-state index contributed by atoms with van der Waals surface area (Å²) in [6, 6.07) is 6.40. The topological polar surface area (TPSA) is 78.8 Å². The highest BCUT2D eigenvalue weighted by atomic mass is 16.5. The molecule has 1 aliphatic carbocycles. The molecule has 0 unspecified atom stereocenters. The van der Waals surface area contributed by atoms with E-state index in [9.17, 15) is 0 Å². The van der Waals surface area contributed by atoms with Crippen molar-refractivity contribution in [3.63, 3.8) is 0 Å². The molecule has 6 nitrogen and oxygen atoms in total. The minimum atomic E-state index is 0.404. The minimum absolute atomic E-state index is 0.404. The average Bonchev–Trinajstić information content (AvgIpc) is 3.27. The van der Waals surface area contributed by atoms with E-state index in [1.807, 2.05) is 18.2 Å². The van der Waals surface area contributed by atoms with Crippen LogP contribution in [0.15, 0.2) is 30.6 Å². The largest absolute Gasteiger partial charge is 0.497 e. The molecule has 1 aliphatic rings. The van der Waals surface area contributed by atoms with Gasteiger partial charge in [0.2, 0.25) is 0 Å². The molecular formula is C15H15N5O. The SMILES string of the molecule is COc1ccc2c(c1)nc(-c1nccnc1N)n2C1CC1. The number of nitrogens with zero attached hydrogens (tertiary/aromatic N) is 4. The van der Waals surface area contributed by atoms with Gasteiger partial charge in [-0.2, -0.15) is 0 Å². The standard InChI is InChI=1S/C15H15N5O/c1-21-10-4-5-12-11(8-10)19-15(20(12)9-2-3-9)13-14(16)18-7-6-17-13/h4-9H,2-3H2,1H3,(H2,16,18). The highest BCUT2D eigenvalue weighted by Gasteiger charge is 2.30. The van der Waals surface area contributed by atoms with Gasteiger partial charge in [-0.3, -0.25) is 0 Å². The van der Waals surface area contributed by atoms with Crippen LogP contribution in [0.25, 0.3) is 22.6 Å². The zero-order chi connectivity index (χ0) is 14.4. The Bertz CT molecular complexity index is 822.